The molecule has 0 aliphatic carbocycles. The van der Waals surface area contributed by atoms with Gasteiger partial charge in [-0.1, -0.05) is 13.3 Å². The van der Waals surface area contributed by atoms with Crippen LogP contribution in [0.15, 0.2) is 12.4 Å². The minimum absolute atomic E-state index is 0.0144. The van der Waals surface area contributed by atoms with Gasteiger partial charge in [0, 0.05) is 19.4 Å². The molecule has 1 aliphatic rings. The fourth-order valence-electron chi connectivity index (χ4n) is 2.11. The lowest BCUT2D eigenvalue weighted by Crippen LogP contribution is -2.57. The molecule has 1 N–H and O–H groups in total. The highest BCUT2D eigenvalue weighted by Crippen LogP contribution is 2.11. The van der Waals surface area contributed by atoms with Crippen molar-refractivity contribution in [2.45, 2.75) is 32.4 Å². The molecule has 0 radical (unpaired) electrons. The number of hydrogen-bond acceptors (Lipinski definition) is 3. The number of aryl methyl sites for hydroxylation is 1. The second kappa shape index (κ2) is 5.20. The van der Waals surface area contributed by atoms with Crippen molar-refractivity contribution < 1.29 is 9.59 Å². The molecule has 0 bridgehead atoms. The second-order valence-electron chi connectivity index (χ2n) is 4.56. The molecule has 2 amide bonds. The van der Waals surface area contributed by atoms with Crippen LogP contribution in [0.4, 0.5) is 0 Å². The summed E-state index contributed by atoms with van der Waals surface area (Å²) in [5, 5.41) is 2.73. The van der Waals surface area contributed by atoms with E-state index in [0.717, 1.165) is 12.2 Å². The van der Waals surface area contributed by atoms with Crippen LogP contribution < -0.4 is 5.32 Å². The van der Waals surface area contributed by atoms with Crippen LogP contribution in [0.1, 0.15) is 25.6 Å². The molecule has 1 unspecified atom stereocenters. The van der Waals surface area contributed by atoms with E-state index in [0.29, 0.717) is 13.0 Å². The predicted octanol–water partition coefficient (Wildman–Crippen LogP) is 0.0472. The van der Waals surface area contributed by atoms with Gasteiger partial charge in [-0.2, -0.15) is 0 Å². The lowest BCUT2D eigenvalue weighted by atomic mass is 10.1. The number of amides is 2. The minimum atomic E-state index is -0.378. The quantitative estimate of drug-likeness (QED) is 0.821. The summed E-state index contributed by atoms with van der Waals surface area (Å²) in [6, 6.07) is -0.378. The third-order valence-electron chi connectivity index (χ3n) is 3.11. The maximum atomic E-state index is 12.2. The van der Waals surface area contributed by atoms with Gasteiger partial charge in [-0.25, -0.2) is 4.98 Å². The highest BCUT2D eigenvalue weighted by atomic mass is 16.2. The molecule has 2 heterocycles. The lowest BCUT2D eigenvalue weighted by molar-refractivity contribution is -0.145. The first-order valence-corrected chi connectivity index (χ1v) is 6.16. The van der Waals surface area contributed by atoms with Gasteiger partial charge >= 0.3 is 0 Å². The summed E-state index contributed by atoms with van der Waals surface area (Å²) in [4.78, 5) is 29.5. The summed E-state index contributed by atoms with van der Waals surface area (Å²) < 4.78 is 1.86. The average Bonchev–Trinajstić information content (AvgIpc) is 2.71. The van der Waals surface area contributed by atoms with Crippen LogP contribution in [0.2, 0.25) is 0 Å². The summed E-state index contributed by atoms with van der Waals surface area (Å²) >= 11 is 0. The molecule has 98 valence electrons. The van der Waals surface area contributed by atoms with Gasteiger partial charge in [0.05, 0.1) is 6.54 Å². The Morgan fingerprint density at radius 3 is 2.89 bits per heavy atom. The van der Waals surface area contributed by atoms with E-state index in [1.807, 2.05) is 24.7 Å². The second-order valence-corrected chi connectivity index (χ2v) is 4.56. The molecule has 1 aliphatic heterocycles. The molecule has 18 heavy (non-hydrogen) atoms. The summed E-state index contributed by atoms with van der Waals surface area (Å²) in [5.41, 5.74) is 0. The van der Waals surface area contributed by atoms with E-state index in [-0.39, 0.29) is 24.4 Å². The van der Waals surface area contributed by atoms with Crippen molar-refractivity contribution >= 4 is 11.8 Å². The number of rotatable bonds is 4. The summed E-state index contributed by atoms with van der Waals surface area (Å²) in [6.07, 6.45) is 5.06. The molecule has 2 rings (SSSR count). The van der Waals surface area contributed by atoms with Gasteiger partial charge < -0.3 is 14.8 Å². The number of imidazole rings is 1. The van der Waals surface area contributed by atoms with Gasteiger partial charge in [0.15, 0.2) is 0 Å². The van der Waals surface area contributed by atoms with Crippen LogP contribution in [0.5, 0.6) is 0 Å². The van der Waals surface area contributed by atoms with Gasteiger partial charge in [0.2, 0.25) is 11.8 Å². The molecule has 0 spiro atoms. The van der Waals surface area contributed by atoms with Crippen molar-refractivity contribution in [3.63, 3.8) is 0 Å². The standard InChI is InChI=1S/C12H18N4O2/c1-3-4-9-12(18)16(8-11(17)14-9)7-10-13-5-6-15(10)2/h5-6,9H,3-4,7-8H2,1-2H3,(H,14,17). The van der Waals surface area contributed by atoms with Crippen molar-refractivity contribution in [2.24, 2.45) is 7.05 Å². The predicted molar refractivity (Wildman–Crippen MR) is 65.5 cm³/mol. The van der Waals surface area contributed by atoms with Crippen molar-refractivity contribution in [3.05, 3.63) is 18.2 Å². The zero-order valence-corrected chi connectivity index (χ0v) is 10.7. The Morgan fingerprint density at radius 2 is 2.28 bits per heavy atom. The monoisotopic (exact) mass is 250 g/mol. The largest absolute Gasteiger partial charge is 0.343 e. The molecule has 1 aromatic rings. The number of piperazine rings is 1. The summed E-state index contributed by atoms with van der Waals surface area (Å²) in [6.45, 7) is 2.50. The third kappa shape index (κ3) is 2.52. The number of nitrogens with one attached hydrogen (secondary N) is 1. The van der Waals surface area contributed by atoms with Gasteiger partial charge in [-0.15, -0.1) is 0 Å². The smallest absolute Gasteiger partial charge is 0.246 e. The molecule has 1 saturated heterocycles. The van der Waals surface area contributed by atoms with Crippen LogP contribution in [0.3, 0.4) is 0 Å². The number of nitrogens with zero attached hydrogens (tertiary/aromatic N) is 3. The number of hydrogen-bond donors (Lipinski definition) is 1. The number of aromatic nitrogens is 2. The maximum absolute atomic E-state index is 12.2. The van der Waals surface area contributed by atoms with Gasteiger partial charge in [0.1, 0.15) is 18.4 Å². The Bertz CT molecular complexity index is 455. The Kier molecular flexibility index (Phi) is 3.64. The zero-order chi connectivity index (χ0) is 13.1. The molecule has 0 saturated carbocycles. The molecule has 1 aromatic heterocycles. The molecule has 1 fully saturated rings. The van der Waals surface area contributed by atoms with Crippen LogP contribution >= 0.6 is 0 Å². The normalized spacial score (nSPS) is 20.1. The van der Waals surface area contributed by atoms with E-state index in [2.05, 4.69) is 10.3 Å². The first-order valence-electron chi connectivity index (χ1n) is 6.16. The van der Waals surface area contributed by atoms with Gasteiger partial charge in [0.25, 0.3) is 0 Å². The van der Waals surface area contributed by atoms with Gasteiger partial charge in [-0.05, 0) is 6.42 Å². The molecule has 0 aromatic carbocycles. The number of carbonyl (C=O) groups excluding carboxylic acids is 2. The first kappa shape index (κ1) is 12.6. The Balaban J connectivity index is 2.09. The minimum Gasteiger partial charge on any atom is -0.343 e. The van der Waals surface area contributed by atoms with Crippen molar-refractivity contribution in [1.29, 1.82) is 0 Å². The Morgan fingerprint density at radius 1 is 1.50 bits per heavy atom. The molecular formula is C12H18N4O2. The van der Waals surface area contributed by atoms with E-state index >= 15 is 0 Å². The fourth-order valence-corrected chi connectivity index (χ4v) is 2.11. The van der Waals surface area contributed by atoms with Crippen molar-refractivity contribution in [2.75, 3.05) is 6.54 Å². The van der Waals surface area contributed by atoms with E-state index in [4.69, 9.17) is 0 Å². The van der Waals surface area contributed by atoms with E-state index in [9.17, 15) is 9.59 Å². The third-order valence-corrected chi connectivity index (χ3v) is 3.11. The lowest BCUT2D eigenvalue weighted by Gasteiger charge is -2.32. The molecule has 6 heteroatoms. The van der Waals surface area contributed by atoms with Gasteiger partial charge in [-0.3, -0.25) is 9.59 Å². The zero-order valence-electron chi connectivity index (χ0n) is 10.7. The Hall–Kier alpha value is -1.85. The van der Waals surface area contributed by atoms with Crippen molar-refractivity contribution in [3.8, 4) is 0 Å². The van der Waals surface area contributed by atoms with E-state index in [1.165, 1.54) is 0 Å². The highest BCUT2D eigenvalue weighted by Gasteiger charge is 2.32. The maximum Gasteiger partial charge on any atom is 0.246 e. The SMILES string of the molecule is CCCC1NC(=O)CN(Cc2nccn2C)C1=O. The highest BCUT2D eigenvalue weighted by molar-refractivity contribution is 5.94. The summed E-state index contributed by atoms with van der Waals surface area (Å²) in [7, 11) is 1.88. The van der Waals surface area contributed by atoms with Crippen LogP contribution in [-0.2, 0) is 23.2 Å². The Labute approximate surface area is 106 Å². The van der Waals surface area contributed by atoms with Crippen LogP contribution in [-0.4, -0.2) is 38.9 Å². The molecular weight excluding hydrogens is 232 g/mol. The fraction of sp³-hybridized carbons (Fsp3) is 0.583. The van der Waals surface area contributed by atoms with Crippen molar-refractivity contribution in [1.82, 2.24) is 19.8 Å². The topological polar surface area (TPSA) is 67.2 Å². The van der Waals surface area contributed by atoms with Crippen LogP contribution in [0.25, 0.3) is 0 Å². The average molecular weight is 250 g/mol. The molecule has 6 nitrogen and oxygen atoms in total. The van der Waals surface area contributed by atoms with E-state index in [1.54, 1.807) is 11.1 Å². The van der Waals surface area contributed by atoms with Crippen LogP contribution in [0, 0.1) is 0 Å². The summed E-state index contributed by atoms with van der Waals surface area (Å²) in [5.74, 6) is 0.676. The number of carbonyl (C=O) groups is 2. The first-order chi connectivity index (χ1) is 8.61. The van der Waals surface area contributed by atoms with E-state index < -0.39 is 0 Å². The molecule has 1 atom stereocenters.